The first-order valence-electron chi connectivity index (χ1n) is 12.7. The van der Waals surface area contributed by atoms with E-state index in [1.165, 1.54) is 6.42 Å². The van der Waals surface area contributed by atoms with Gasteiger partial charge in [-0.15, -0.1) is 0 Å². The van der Waals surface area contributed by atoms with Crippen molar-refractivity contribution in [2.45, 2.75) is 59.9 Å². The topological polar surface area (TPSA) is 46.9 Å². The zero-order chi connectivity index (χ0) is 26.7. The molecule has 3 aromatic rings. The molecule has 0 spiro atoms. The van der Waals surface area contributed by atoms with E-state index < -0.39 is 0 Å². The Morgan fingerprint density at radius 2 is 1.76 bits per heavy atom. The number of halogens is 3. The van der Waals surface area contributed by atoms with E-state index in [4.69, 9.17) is 39.9 Å². The van der Waals surface area contributed by atoms with Crippen LogP contribution in [0.25, 0.3) is 17.3 Å². The zero-order valence-electron chi connectivity index (χ0n) is 21.8. The van der Waals surface area contributed by atoms with Crippen molar-refractivity contribution in [1.82, 2.24) is 15.1 Å². The van der Waals surface area contributed by atoms with E-state index in [9.17, 15) is 4.79 Å². The van der Waals surface area contributed by atoms with Gasteiger partial charge in [0.15, 0.2) is 5.69 Å². The summed E-state index contributed by atoms with van der Waals surface area (Å²) in [7, 11) is 0. The van der Waals surface area contributed by atoms with Gasteiger partial charge in [0, 0.05) is 21.7 Å². The molecule has 194 valence electrons. The molecule has 2 aliphatic rings. The molecule has 2 aliphatic carbocycles. The number of hydrogen-bond donors (Lipinski definition) is 1. The van der Waals surface area contributed by atoms with E-state index >= 15 is 0 Å². The smallest absolute Gasteiger partial charge is 0.272 e. The summed E-state index contributed by atoms with van der Waals surface area (Å²) in [6.07, 6.45) is 5.60. The van der Waals surface area contributed by atoms with Gasteiger partial charge in [-0.2, -0.15) is 5.10 Å². The van der Waals surface area contributed by atoms with Crippen LogP contribution in [0.3, 0.4) is 0 Å². The summed E-state index contributed by atoms with van der Waals surface area (Å²) >= 11 is 18.9. The van der Waals surface area contributed by atoms with Gasteiger partial charge in [0.25, 0.3) is 5.91 Å². The van der Waals surface area contributed by atoms with E-state index in [1.807, 2.05) is 44.2 Å². The number of nitrogens with zero attached hydrogens (tertiary/aromatic N) is 2. The molecular weight excluding hydrogens is 525 g/mol. The number of carbonyl (C=O) groups is 1. The first kappa shape index (κ1) is 26.3. The summed E-state index contributed by atoms with van der Waals surface area (Å²) < 4.78 is 1.76. The Morgan fingerprint density at radius 1 is 1.08 bits per heavy atom. The number of hydrogen-bond acceptors (Lipinski definition) is 2. The van der Waals surface area contributed by atoms with Crippen LogP contribution in [0.5, 0.6) is 0 Å². The van der Waals surface area contributed by atoms with E-state index in [-0.39, 0.29) is 22.8 Å². The molecule has 0 unspecified atom stereocenters. The molecule has 5 rings (SSSR count). The Balaban J connectivity index is 1.58. The first-order valence-corrected chi connectivity index (χ1v) is 13.8. The molecule has 2 saturated carbocycles. The summed E-state index contributed by atoms with van der Waals surface area (Å²) in [6.45, 7) is 10.9. The molecular formula is C30H32Cl3N3O. The Bertz CT molecular complexity index is 1400. The number of nitrogens with one attached hydrogen (secondary N) is 1. The molecule has 7 heteroatoms. The molecule has 2 aromatic carbocycles. The van der Waals surface area contributed by atoms with Crippen molar-refractivity contribution < 1.29 is 4.79 Å². The Morgan fingerprint density at radius 3 is 2.38 bits per heavy atom. The monoisotopic (exact) mass is 555 g/mol. The van der Waals surface area contributed by atoms with Crippen molar-refractivity contribution in [3.8, 4) is 5.69 Å². The van der Waals surface area contributed by atoms with Crippen molar-refractivity contribution >= 4 is 52.4 Å². The van der Waals surface area contributed by atoms with Gasteiger partial charge in [0.1, 0.15) is 0 Å². The van der Waals surface area contributed by atoms with E-state index in [0.29, 0.717) is 32.4 Å². The minimum atomic E-state index is -0.145. The molecule has 0 radical (unpaired) electrons. The largest absolute Gasteiger partial charge is 0.347 e. The lowest BCUT2D eigenvalue weighted by atomic mass is 9.68. The van der Waals surface area contributed by atoms with Crippen molar-refractivity contribution in [2.75, 3.05) is 0 Å². The lowest BCUT2D eigenvalue weighted by Gasteiger charge is -2.43. The number of fused-ring (bicyclic) bond motifs is 2. The number of carbonyl (C=O) groups excluding carboxylic acids is 1. The third kappa shape index (κ3) is 4.62. The summed E-state index contributed by atoms with van der Waals surface area (Å²) in [6, 6.07) is 13.0. The highest BCUT2D eigenvalue weighted by molar-refractivity contribution is 6.35. The lowest BCUT2D eigenvalue weighted by Crippen LogP contribution is -2.52. The van der Waals surface area contributed by atoms with Crippen LogP contribution in [-0.4, -0.2) is 21.7 Å². The van der Waals surface area contributed by atoms with Gasteiger partial charge in [0.2, 0.25) is 0 Å². The third-order valence-electron chi connectivity index (χ3n) is 8.65. The van der Waals surface area contributed by atoms with Crippen LogP contribution in [0.15, 0.2) is 42.5 Å². The fourth-order valence-electron chi connectivity index (χ4n) is 6.74. The Hall–Kier alpha value is -2.27. The second kappa shape index (κ2) is 9.48. The van der Waals surface area contributed by atoms with Gasteiger partial charge in [-0.1, -0.05) is 67.7 Å². The van der Waals surface area contributed by atoms with Gasteiger partial charge in [-0.3, -0.25) is 4.79 Å². The quantitative estimate of drug-likeness (QED) is 0.342. The minimum absolute atomic E-state index is 0.0475. The second-order valence-corrected chi connectivity index (χ2v) is 12.8. The van der Waals surface area contributed by atoms with Gasteiger partial charge in [0.05, 0.1) is 16.4 Å². The van der Waals surface area contributed by atoms with Crippen molar-refractivity contribution in [3.05, 3.63) is 80.0 Å². The van der Waals surface area contributed by atoms with Crippen molar-refractivity contribution in [3.63, 3.8) is 0 Å². The molecule has 1 heterocycles. The maximum atomic E-state index is 13.8. The molecule has 37 heavy (non-hydrogen) atoms. The van der Waals surface area contributed by atoms with Crippen LogP contribution in [0.4, 0.5) is 0 Å². The molecule has 0 aliphatic heterocycles. The molecule has 4 nitrogen and oxygen atoms in total. The molecule has 2 fully saturated rings. The normalized spacial score (nSPS) is 24.5. The van der Waals surface area contributed by atoms with Gasteiger partial charge < -0.3 is 5.32 Å². The van der Waals surface area contributed by atoms with Gasteiger partial charge in [-0.05, 0) is 97.4 Å². The summed E-state index contributed by atoms with van der Waals surface area (Å²) in [4.78, 5) is 13.8. The Kier molecular flexibility index (Phi) is 6.75. The standard InChI is InChI=1S/C30H32Cl3N3O/c1-17(14-19-6-8-21(31)9-7-19)26-18(2)25(35-36(26)24-11-10-22(32)15-23(24)33)27(37)34-28-29(3,4)20-12-13-30(28,5)16-20/h6-11,14-15,20,28H,12-13,16H2,1-5H3,(H,34,37)/t20-,28-,30-/m1/s1. The fourth-order valence-corrected chi connectivity index (χ4v) is 7.36. The number of aromatic nitrogens is 2. The fraction of sp³-hybridized carbons (Fsp3) is 0.400. The van der Waals surface area contributed by atoms with Gasteiger partial charge in [-0.25, -0.2) is 4.68 Å². The van der Waals surface area contributed by atoms with Gasteiger partial charge >= 0.3 is 0 Å². The minimum Gasteiger partial charge on any atom is -0.347 e. The number of amides is 1. The highest BCUT2D eigenvalue weighted by atomic mass is 35.5. The number of benzene rings is 2. The zero-order valence-corrected chi connectivity index (χ0v) is 24.1. The average Bonchev–Trinajstić information content (AvgIpc) is 3.44. The highest BCUT2D eigenvalue weighted by Gasteiger charge is 2.59. The van der Waals surface area contributed by atoms with E-state index in [0.717, 1.165) is 35.2 Å². The molecule has 2 bridgehead atoms. The second-order valence-electron chi connectivity index (χ2n) is 11.5. The van der Waals surface area contributed by atoms with Crippen LogP contribution < -0.4 is 5.32 Å². The molecule has 0 saturated heterocycles. The summed E-state index contributed by atoms with van der Waals surface area (Å²) in [5.74, 6) is 0.489. The predicted octanol–water partition coefficient (Wildman–Crippen LogP) is 8.65. The SMILES string of the molecule is CC(=Cc1ccc(Cl)cc1)c1c(C)c(C(=O)N[C@@H]2C(C)(C)[C@@H]3CC[C@]2(C)C3)nn1-c1ccc(Cl)cc1Cl. The Labute approximate surface area is 234 Å². The highest BCUT2D eigenvalue weighted by Crippen LogP contribution is 2.62. The van der Waals surface area contributed by atoms with Crippen molar-refractivity contribution in [2.24, 2.45) is 16.7 Å². The number of rotatable bonds is 5. The molecule has 1 N–H and O–H groups in total. The molecule has 1 aromatic heterocycles. The molecule has 1 amide bonds. The number of allylic oxidation sites excluding steroid dienone is 1. The predicted molar refractivity (Wildman–Crippen MR) is 154 cm³/mol. The lowest BCUT2D eigenvalue weighted by molar-refractivity contribution is 0.0732. The summed E-state index contributed by atoms with van der Waals surface area (Å²) in [5.41, 5.74) is 4.81. The van der Waals surface area contributed by atoms with E-state index in [1.54, 1.807) is 16.8 Å². The average molecular weight is 557 g/mol. The van der Waals surface area contributed by atoms with Crippen LogP contribution >= 0.6 is 34.8 Å². The van der Waals surface area contributed by atoms with E-state index in [2.05, 4.69) is 32.2 Å². The maximum Gasteiger partial charge on any atom is 0.272 e. The first-order chi connectivity index (χ1) is 17.4. The van der Waals surface area contributed by atoms with Crippen LogP contribution in [0.1, 0.15) is 74.3 Å². The van der Waals surface area contributed by atoms with Crippen LogP contribution in [0, 0.1) is 23.7 Å². The van der Waals surface area contributed by atoms with Crippen LogP contribution in [0.2, 0.25) is 15.1 Å². The van der Waals surface area contributed by atoms with Crippen LogP contribution in [-0.2, 0) is 0 Å². The maximum absolute atomic E-state index is 13.8. The molecule has 3 atom stereocenters. The third-order valence-corrected chi connectivity index (χ3v) is 9.44. The van der Waals surface area contributed by atoms with Crippen molar-refractivity contribution in [1.29, 1.82) is 0 Å². The summed E-state index contributed by atoms with van der Waals surface area (Å²) in [5, 5.41) is 9.92.